The first-order valence-corrected chi connectivity index (χ1v) is 6.60. The van der Waals surface area contributed by atoms with Gasteiger partial charge in [0.2, 0.25) is 0 Å². The van der Waals surface area contributed by atoms with Gasteiger partial charge in [-0.1, -0.05) is 26.7 Å². The molecular formula is C14H23N. The molecule has 0 spiro atoms. The first kappa shape index (κ1) is 11.0. The zero-order valence-electron chi connectivity index (χ0n) is 10.1. The third-order valence-corrected chi connectivity index (χ3v) is 4.68. The Balaban J connectivity index is 2.16. The van der Waals surface area contributed by atoms with Crippen LogP contribution in [0.1, 0.15) is 58.8 Å². The summed E-state index contributed by atoms with van der Waals surface area (Å²) in [7, 11) is 0. The molecule has 0 heterocycles. The van der Waals surface area contributed by atoms with Crippen molar-refractivity contribution >= 4 is 0 Å². The van der Waals surface area contributed by atoms with Crippen LogP contribution in [0.4, 0.5) is 0 Å². The average molecular weight is 205 g/mol. The summed E-state index contributed by atoms with van der Waals surface area (Å²) in [6, 6.07) is 2.73. The minimum Gasteiger partial charge on any atom is -0.198 e. The highest BCUT2D eigenvalue weighted by molar-refractivity contribution is 5.11. The van der Waals surface area contributed by atoms with Crippen LogP contribution in [-0.2, 0) is 0 Å². The largest absolute Gasteiger partial charge is 0.198 e. The van der Waals surface area contributed by atoms with Crippen molar-refractivity contribution in [3.8, 4) is 6.07 Å². The summed E-state index contributed by atoms with van der Waals surface area (Å²) < 4.78 is 0. The Kier molecular flexibility index (Phi) is 3.05. The second-order valence-electron chi connectivity index (χ2n) is 6.00. The SMILES string of the molecule is CC(C)CC1CCC2CCCCC21C#N. The van der Waals surface area contributed by atoms with E-state index in [0.717, 1.165) is 11.8 Å². The Morgan fingerprint density at radius 1 is 1.27 bits per heavy atom. The zero-order valence-corrected chi connectivity index (χ0v) is 10.1. The Morgan fingerprint density at radius 2 is 2.07 bits per heavy atom. The second-order valence-corrected chi connectivity index (χ2v) is 6.00. The van der Waals surface area contributed by atoms with E-state index in [-0.39, 0.29) is 5.41 Å². The summed E-state index contributed by atoms with van der Waals surface area (Å²) in [5.41, 5.74) is 0.0858. The van der Waals surface area contributed by atoms with Crippen molar-refractivity contribution in [2.45, 2.75) is 58.8 Å². The molecule has 0 radical (unpaired) electrons. The van der Waals surface area contributed by atoms with Gasteiger partial charge >= 0.3 is 0 Å². The predicted molar refractivity (Wildman–Crippen MR) is 62.2 cm³/mol. The van der Waals surface area contributed by atoms with Crippen LogP contribution in [0.3, 0.4) is 0 Å². The maximum Gasteiger partial charge on any atom is 0.0695 e. The zero-order chi connectivity index (χ0) is 10.9. The smallest absolute Gasteiger partial charge is 0.0695 e. The van der Waals surface area contributed by atoms with Crippen molar-refractivity contribution in [2.75, 3.05) is 0 Å². The van der Waals surface area contributed by atoms with Gasteiger partial charge in [-0.25, -0.2) is 0 Å². The normalized spacial score (nSPS) is 40.1. The van der Waals surface area contributed by atoms with Crippen molar-refractivity contribution in [3.05, 3.63) is 0 Å². The van der Waals surface area contributed by atoms with Crippen LogP contribution in [0.15, 0.2) is 0 Å². The van der Waals surface area contributed by atoms with Gasteiger partial charge in [-0.15, -0.1) is 0 Å². The maximum absolute atomic E-state index is 9.59. The fourth-order valence-electron chi connectivity index (χ4n) is 4.00. The topological polar surface area (TPSA) is 23.8 Å². The quantitative estimate of drug-likeness (QED) is 0.664. The number of fused-ring (bicyclic) bond motifs is 1. The maximum atomic E-state index is 9.59. The lowest BCUT2D eigenvalue weighted by atomic mass is 9.63. The molecule has 0 aliphatic heterocycles. The molecule has 3 atom stereocenters. The van der Waals surface area contributed by atoms with Crippen LogP contribution in [0.2, 0.25) is 0 Å². The summed E-state index contributed by atoms with van der Waals surface area (Å²) in [6.07, 6.45) is 9.07. The molecule has 0 aromatic heterocycles. The van der Waals surface area contributed by atoms with E-state index in [1.165, 1.54) is 44.9 Å². The summed E-state index contributed by atoms with van der Waals surface area (Å²) >= 11 is 0. The van der Waals surface area contributed by atoms with Gasteiger partial charge in [0.1, 0.15) is 0 Å². The van der Waals surface area contributed by atoms with Gasteiger partial charge < -0.3 is 0 Å². The molecule has 84 valence electrons. The molecule has 1 nitrogen and oxygen atoms in total. The number of nitrogens with zero attached hydrogens (tertiary/aromatic N) is 1. The molecule has 0 amide bonds. The summed E-state index contributed by atoms with van der Waals surface area (Å²) in [5.74, 6) is 2.19. The fourth-order valence-corrected chi connectivity index (χ4v) is 4.00. The lowest BCUT2D eigenvalue weighted by Gasteiger charge is -2.38. The standard InChI is InChI=1S/C14H23N/c1-11(2)9-13-7-6-12-5-3-4-8-14(12,13)10-15/h11-13H,3-9H2,1-2H3. The minimum absolute atomic E-state index is 0.0858. The average Bonchev–Trinajstić information content (AvgIpc) is 2.58. The summed E-state index contributed by atoms with van der Waals surface area (Å²) in [4.78, 5) is 0. The predicted octanol–water partition coefficient (Wildman–Crippen LogP) is 4.14. The molecule has 0 aromatic carbocycles. The van der Waals surface area contributed by atoms with E-state index in [1.807, 2.05) is 0 Å². The molecule has 0 aromatic rings. The molecule has 3 unspecified atom stereocenters. The Labute approximate surface area is 93.9 Å². The molecule has 2 rings (SSSR count). The number of nitriles is 1. The third kappa shape index (κ3) is 1.80. The van der Waals surface area contributed by atoms with Crippen molar-refractivity contribution in [1.29, 1.82) is 5.26 Å². The molecular weight excluding hydrogens is 182 g/mol. The Bertz CT molecular complexity index is 263. The molecule has 1 heteroatoms. The van der Waals surface area contributed by atoms with Gasteiger partial charge in [0.05, 0.1) is 11.5 Å². The van der Waals surface area contributed by atoms with E-state index in [1.54, 1.807) is 0 Å². The van der Waals surface area contributed by atoms with E-state index in [2.05, 4.69) is 19.9 Å². The van der Waals surface area contributed by atoms with Gasteiger partial charge in [0, 0.05) is 0 Å². The van der Waals surface area contributed by atoms with Crippen LogP contribution >= 0.6 is 0 Å². The Hall–Kier alpha value is -0.510. The molecule has 2 saturated carbocycles. The van der Waals surface area contributed by atoms with E-state index in [0.29, 0.717) is 5.92 Å². The van der Waals surface area contributed by atoms with Gasteiger partial charge in [0.15, 0.2) is 0 Å². The number of hydrogen-bond donors (Lipinski definition) is 0. The molecule has 0 N–H and O–H groups in total. The van der Waals surface area contributed by atoms with Crippen LogP contribution in [-0.4, -0.2) is 0 Å². The number of rotatable bonds is 2. The van der Waals surface area contributed by atoms with E-state index >= 15 is 0 Å². The summed E-state index contributed by atoms with van der Waals surface area (Å²) in [5, 5.41) is 9.59. The molecule has 15 heavy (non-hydrogen) atoms. The van der Waals surface area contributed by atoms with Crippen molar-refractivity contribution < 1.29 is 0 Å². The van der Waals surface area contributed by atoms with Gasteiger partial charge in [-0.3, -0.25) is 0 Å². The first-order chi connectivity index (χ1) is 7.19. The molecule has 2 aliphatic carbocycles. The fraction of sp³-hybridized carbons (Fsp3) is 0.929. The van der Waals surface area contributed by atoms with Gasteiger partial charge in [0.25, 0.3) is 0 Å². The van der Waals surface area contributed by atoms with E-state index in [4.69, 9.17) is 0 Å². The lowest BCUT2D eigenvalue weighted by molar-refractivity contribution is 0.130. The molecule has 0 bridgehead atoms. The van der Waals surface area contributed by atoms with Crippen LogP contribution in [0.5, 0.6) is 0 Å². The second kappa shape index (κ2) is 4.16. The highest BCUT2D eigenvalue weighted by Gasteiger charge is 2.51. The monoisotopic (exact) mass is 205 g/mol. The van der Waals surface area contributed by atoms with Crippen LogP contribution < -0.4 is 0 Å². The molecule has 2 aliphatic rings. The summed E-state index contributed by atoms with van der Waals surface area (Å²) in [6.45, 7) is 4.59. The van der Waals surface area contributed by atoms with E-state index in [9.17, 15) is 5.26 Å². The Morgan fingerprint density at radius 3 is 2.73 bits per heavy atom. The van der Waals surface area contributed by atoms with Gasteiger partial charge in [-0.2, -0.15) is 5.26 Å². The lowest BCUT2D eigenvalue weighted by Crippen LogP contribution is -2.34. The molecule has 2 fully saturated rings. The van der Waals surface area contributed by atoms with Crippen molar-refractivity contribution in [1.82, 2.24) is 0 Å². The van der Waals surface area contributed by atoms with Gasteiger partial charge in [-0.05, 0) is 49.9 Å². The van der Waals surface area contributed by atoms with Crippen molar-refractivity contribution in [2.24, 2.45) is 23.2 Å². The first-order valence-electron chi connectivity index (χ1n) is 6.60. The van der Waals surface area contributed by atoms with Crippen LogP contribution in [0, 0.1) is 34.5 Å². The highest BCUT2D eigenvalue weighted by atomic mass is 14.5. The minimum atomic E-state index is 0.0858. The van der Waals surface area contributed by atoms with E-state index < -0.39 is 0 Å². The van der Waals surface area contributed by atoms with Crippen LogP contribution in [0.25, 0.3) is 0 Å². The third-order valence-electron chi connectivity index (χ3n) is 4.68. The number of hydrogen-bond acceptors (Lipinski definition) is 1. The molecule has 0 saturated heterocycles. The van der Waals surface area contributed by atoms with Crippen molar-refractivity contribution in [3.63, 3.8) is 0 Å². The highest BCUT2D eigenvalue weighted by Crippen LogP contribution is 2.56.